The van der Waals surface area contributed by atoms with Gasteiger partial charge in [-0.3, -0.25) is 4.79 Å². The summed E-state index contributed by atoms with van der Waals surface area (Å²) in [6, 6.07) is 17.6. The number of hydrogen-bond donors (Lipinski definition) is 2. The molecule has 0 saturated carbocycles. The van der Waals surface area contributed by atoms with Gasteiger partial charge >= 0.3 is 5.24 Å². The minimum absolute atomic E-state index is 0.00614. The van der Waals surface area contributed by atoms with Crippen LogP contribution in [0.5, 0.6) is 0 Å². The molecule has 2 N–H and O–H groups in total. The first-order chi connectivity index (χ1) is 11.6. The van der Waals surface area contributed by atoms with E-state index in [0.29, 0.717) is 25.9 Å². The summed E-state index contributed by atoms with van der Waals surface area (Å²) >= 11 is 1.10. The second-order valence-corrected chi connectivity index (χ2v) is 6.93. The predicted octanol–water partition coefficient (Wildman–Crippen LogP) is 4.16. The van der Waals surface area contributed by atoms with Crippen molar-refractivity contribution in [2.45, 2.75) is 25.4 Å². The van der Waals surface area contributed by atoms with E-state index in [-0.39, 0.29) is 5.24 Å². The lowest BCUT2D eigenvalue weighted by Crippen LogP contribution is -2.44. The number of piperidine rings is 1. The Balaban J connectivity index is 1.55. The van der Waals surface area contributed by atoms with E-state index in [4.69, 9.17) is 0 Å². The van der Waals surface area contributed by atoms with Gasteiger partial charge in [0.05, 0.1) is 5.60 Å². The molecule has 1 aliphatic rings. The van der Waals surface area contributed by atoms with Crippen LogP contribution in [0.15, 0.2) is 54.6 Å². The SMILES string of the molecule is Cc1ccccc1NSC(=O)N1CCC(O)(c2ccccc2)CC1. The second kappa shape index (κ2) is 7.28. The van der Waals surface area contributed by atoms with Crippen LogP contribution in [-0.2, 0) is 5.60 Å². The third kappa shape index (κ3) is 3.74. The molecule has 1 aliphatic heterocycles. The summed E-state index contributed by atoms with van der Waals surface area (Å²) in [5.41, 5.74) is 2.16. The van der Waals surface area contributed by atoms with Gasteiger partial charge in [0.1, 0.15) is 0 Å². The zero-order chi connectivity index (χ0) is 17.0. The summed E-state index contributed by atoms with van der Waals surface area (Å²) in [6.07, 6.45) is 1.13. The average molecular weight is 342 g/mol. The summed E-state index contributed by atoms with van der Waals surface area (Å²) in [6.45, 7) is 3.13. The summed E-state index contributed by atoms with van der Waals surface area (Å²) in [4.78, 5) is 14.2. The van der Waals surface area contributed by atoms with Crippen LogP contribution >= 0.6 is 11.9 Å². The van der Waals surface area contributed by atoms with Crippen molar-refractivity contribution in [2.24, 2.45) is 0 Å². The normalized spacial score (nSPS) is 16.7. The fraction of sp³-hybridized carbons (Fsp3) is 0.316. The third-order valence-electron chi connectivity index (χ3n) is 4.55. The van der Waals surface area contributed by atoms with Crippen molar-refractivity contribution in [2.75, 3.05) is 17.8 Å². The number of aryl methyl sites for hydroxylation is 1. The van der Waals surface area contributed by atoms with Crippen LogP contribution in [-0.4, -0.2) is 28.3 Å². The van der Waals surface area contributed by atoms with Crippen molar-refractivity contribution in [3.8, 4) is 0 Å². The Labute approximate surface area is 147 Å². The van der Waals surface area contributed by atoms with Crippen LogP contribution in [0.25, 0.3) is 0 Å². The Hall–Kier alpha value is -1.98. The summed E-state index contributed by atoms with van der Waals surface area (Å²) in [5, 5.41) is 10.8. The minimum Gasteiger partial charge on any atom is -0.385 e. The van der Waals surface area contributed by atoms with Crippen LogP contribution in [0, 0.1) is 6.92 Å². The van der Waals surface area contributed by atoms with E-state index in [1.165, 1.54) is 0 Å². The van der Waals surface area contributed by atoms with E-state index in [0.717, 1.165) is 28.8 Å². The molecule has 1 saturated heterocycles. The van der Waals surface area contributed by atoms with Crippen LogP contribution < -0.4 is 4.72 Å². The highest BCUT2D eigenvalue weighted by atomic mass is 32.2. The van der Waals surface area contributed by atoms with Crippen molar-refractivity contribution >= 4 is 22.9 Å². The summed E-state index contributed by atoms with van der Waals surface area (Å²) in [5.74, 6) is 0. The molecule has 0 bridgehead atoms. The van der Waals surface area contributed by atoms with Crippen molar-refractivity contribution < 1.29 is 9.90 Å². The third-order valence-corrected chi connectivity index (χ3v) is 5.31. The van der Waals surface area contributed by atoms with Gasteiger partial charge in [-0.05, 0) is 37.0 Å². The quantitative estimate of drug-likeness (QED) is 0.823. The van der Waals surface area contributed by atoms with Gasteiger partial charge in [0.2, 0.25) is 0 Å². The van der Waals surface area contributed by atoms with E-state index in [1.807, 2.05) is 61.5 Å². The predicted molar refractivity (Wildman–Crippen MR) is 98.9 cm³/mol. The van der Waals surface area contributed by atoms with Gasteiger partial charge in [-0.1, -0.05) is 48.5 Å². The number of carbonyl (C=O) groups is 1. The Morgan fingerprint density at radius 1 is 1.08 bits per heavy atom. The molecule has 5 heteroatoms. The molecule has 1 heterocycles. The number of aliphatic hydroxyl groups is 1. The van der Waals surface area contributed by atoms with Gasteiger partial charge in [0.25, 0.3) is 0 Å². The number of nitrogens with zero attached hydrogens (tertiary/aromatic N) is 1. The maximum Gasteiger partial charge on any atom is 0.302 e. The Bertz CT molecular complexity index is 698. The Morgan fingerprint density at radius 3 is 2.38 bits per heavy atom. The molecule has 0 unspecified atom stereocenters. The molecule has 0 atom stereocenters. The molecule has 4 nitrogen and oxygen atoms in total. The zero-order valence-electron chi connectivity index (χ0n) is 13.7. The monoisotopic (exact) mass is 342 g/mol. The standard InChI is InChI=1S/C19H22N2O2S/c1-15-7-5-6-10-17(15)20-24-18(22)21-13-11-19(23,12-14-21)16-8-3-2-4-9-16/h2-10,20,23H,11-14H2,1H3. The highest BCUT2D eigenvalue weighted by Crippen LogP contribution is 2.33. The maximum absolute atomic E-state index is 12.4. The molecule has 24 heavy (non-hydrogen) atoms. The summed E-state index contributed by atoms with van der Waals surface area (Å²) < 4.78 is 3.13. The molecular weight excluding hydrogens is 320 g/mol. The lowest BCUT2D eigenvalue weighted by atomic mass is 9.85. The van der Waals surface area contributed by atoms with Crippen LogP contribution in [0.4, 0.5) is 10.5 Å². The van der Waals surface area contributed by atoms with E-state index in [9.17, 15) is 9.90 Å². The van der Waals surface area contributed by atoms with E-state index in [1.54, 1.807) is 4.90 Å². The van der Waals surface area contributed by atoms with Crippen molar-refractivity contribution in [3.05, 3.63) is 65.7 Å². The molecule has 126 valence electrons. The average Bonchev–Trinajstić information content (AvgIpc) is 2.62. The molecule has 2 aromatic rings. The number of benzene rings is 2. The largest absolute Gasteiger partial charge is 0.385 e. The highest BCUT2D eigenvalue weighted by Gasteiger charge is 2.35. The first-order valence-electron chi connectivity index (χ1n) is 8.14. The van der Waals surface area contributed by atoms with E-state index < -0.39 is 5.60 Å². The van der Waals surface area contributed by atoms with Crippen LogP contribution in [0.1, 0.15) is 24.0 Å². The fourth-order valence-corrected chi connectivity index (χ4v) is 3.68. The fourth-order valence-electron chi connectivity index (χ4n) is 2.95. The first kappa shape index (κ1) is 16.9. The molecule has 0 spiro atoms. The van der Waals surface area contributed by atoms with Crippen molar-refractivity contribution in [1.82, 2.24) is 4.90 Å². The van der Waals surface area contributed by atoms with E-state index in [2.05, 4.69) is 4.72 Å². The van der Waals surface area contributed by atoms with Gasteiger partial charge in [-0.15, -0.1) is 0 Å². The molecule has 1 fully saturated rings. The Morgan fingerprint density at radius 2 is 1.71 bits per heavy atom. The minimum atomic E-state index is -0.827. The van der Waals surface area contributed by atoms with Crippen LogP contribution in [0.3, 0.4) is 0 Å². The summed E-state index contributed by atoms with van der Waals surface area (Å²) in [7, 11) is 0. The van der Waals surface area contributed by atoms with Gasteiger partial charge in [0.15, 0.2) is 0 Å². The smallest absolute Gasteiger partial charge is 0.302 e. The number of anilines is 1. The maximum atomic E-state index is 12.4. The van der Waals surface area contributed by atoms with Gasteiger partial charge < -0.3 is 14.7 Å². The molecule has 2 aromatic carbocycles. The number of hydrogen-bond acceptors (Lipinski definition) is 4. The molecule has 0 aliphatic carbocycles. The van der Waals surface area contributed by atoms with Gasteiger partial charge in [0, 0.05) is 30.7 Å². The molecule has 1 amide bonds. The molecule has 0 radical (unpaired) electrons. The molecular formula is C19H22N2O2S. The molecule has 0 aromatic heterocycles. The number of rotatable bonds is 3. The van der Waals surface area contributed by atoms with Crippen molar-refractivity contribution in [3.63, 3.8) is 0 Å². The van der Waals surface area contributed by atoms with E-state index >= 15 is 0 Å². The first-order valence-corrected chi connectivity index (χ1v) is 8.95. The van der Waals surface area contributed by atoms with Gasteiger partial charge in [-0.25, -0.2) is 0 Å². The molecule has 3 rings (SSSR count). The van der Waals surface area contributed by atoms with Gasteiger partial charge in [-0.2, -0.15) is 0 Å². The number of likely N-dealkylation sites (tertiary alicyclic amines) is 1. The second-order valence-electron chi connectivity index (χ2n) is 6.17. The zero-order valence-corrected chi connectivity index (χ0v) is 14.6. The van der Waals surface area contributed by atoms with Crippen LogP contribution in [0.2, 0.25) is 0 Å². The number of para-hydroxylation sites is 1. The highest BCUT2D eigenvalue weighted by molar-refractivity contribution is 8.14. The Kier molecular flexibility index (Phi) is 5.11. The lowest BCUT2D eigenvalue weighted by molar-refractivity contribution is -0.0146. The lowest BCUT2D eigenvalue weighted by Gasteiger charge is -2.38. The number of nitrogens with one attached hydrogen (secondary N) is 1. The topological polar surface area (TPSA) is 52.6 Å². The number of carbonyl (C=O) groups excluding carboxylic acids is 1. The number of amides is 1. The van der Waals surface area contributed by atoms with Crippen molar-refractivity contribution in [1.29, 1.82) is 0 Å².